The fourth-order valence-corrected chi connectivity index (χ4v) is 1.94. The minimum Gasteiger partial charge on any atom is -0.481 e. The van der Waals surface area contributed by atoms with Crippen LogP contribution in [0.2, 0.25) is 0 Å². The molecule has 25 heavy (non-hydrogen) atoms. The van der Waals surface area contributed by atoms with Crippen molar-refractivity contribution < 1.29 is 23.4 Å². The average Bonchev–Trinajstić information content (AvgIpc) is 2.68. The molecule has 0 amide bonds. The normalized spacial score (nSPS) is 10.9. The topological polar surface area (TPSA) is 74.7 Å². The lowest BCUT2D eigenvalue weighted by molar-refractivity contribution is 0.0204. The number of hydrogen-bond donors (Lipinski definition) is 0. The number of carbonyl (C=O) groups excluding carboxylic acids is 1. The lowest BCUT2D eigenvalue weighted by atomic mass is 10.1. The van der Waals surface area contributed by atoms with Crippen molar-refractivity contribution in [3.8, 4) is 22.8 Å². The molecule has 0 unspecified atom stereocenters. The van der Waals surface area contributed by atoms with E-state index < -0.39 is 23.0 Å². The summed E-state index contributed by atoms with van der Waals surface area (Å²) in [4.78, 5) is 27.6. The van der Waals surface area contributed by atoms with Gasteiger partial charge in [-0.2, -0.15) is 0 Å². The zero-order valence-electron chi connectivity index (χ0n) is 14.3. The van der Waals surface area contributed by atoms with Crippen molar-refractivity contribution >= 4 is 6.16 Å². The summed E-state index contributed by atoms with van der Waals surface area (Å²) >= 11 is 0. The van der Waals surface area contributed by atoms with Gasteiger partial charge in [-0.15, -0.1) is 0 Å². The predicted molar refractivity (Wildman–Crippen MR) is 89.3 cm³/mol. The Morgan fingerprint density at radius 1 is 1.20 bits per heavy atom. The molecular formula is C18H18FNO5. The van der Waals surface area contributed by atoms with Crippen LogP contribution in [0.1, 0.15) is 20.8 Å². The summed E-state index contributed by atoms with van der Waals surface area (Å²) in [5.74, 6) is -0.674. The van der Waals surface area contributed by atoms with E-state index >= 15 is 0 Å². The molecule has 2 aromatic rings. The minimum absolute atomic E-state index is 0.150. The van der Waals surface area contributed by atoms with Crippen molar-refractivity contribution in [2.75, 3.05) is 7.11 Å². The predicted octanol–water partition coefficient (Wildman–Crippen LogP) is 3.57. The monoisotopic (exact) mass is 347 g/mol. The smallest absolute Gasteiger partial charge is 0.481 e. The summed E-state index contributed by atoms with van der Waals surface area (Å²) in [6.07, 6.45) is -0.0113. The first-order valence-corrected chi connectivity index (χ1v) is 7.45. The van der Waals surface area contributed by atoms with Gasteiger partial charge < -0.3 is 14.2 Å². The number of methoxy groups -OCH3 is 1. The van der Waals surface area contributed by atoms with Gasteiger partial charge in [0.15, 0.2) is 5.75 Å². The minimum atomic E-state index is -1.02. The Morgan fingerprint density at radius 2 is 1.92 bits per heavy atom. The van der Waals surface area contributed by atoms with E-state index in [2.05, 4.69) is 4.98 Å². The molecule has 6 nitrogen and oxygen atoms in total. The Morgan fingerprint density at radius 3 is 2.56 bits per heavy atom. The van der Waals surface area contributed by atoms with Crippen LogP contribution >= 0.6 is 0 Å². The maximum atomic E-state index is 14.1. The molecule has 7 heteroatoms. The van der Waals surface area contributed by atoms with E-state index in [4.69, 9.17) is 14.2 Å². The summed E-state index contributed by atoms with van der Waals surface area (Å²) < 4.78 is 29.1. The van der Waals surface area contributed by atoms with Crippen LogP contribution in [0.3, 0.4) is 0 Å². The Bertz CT molecular complexity index is 845. The summed E-state index contributed by atoms with van der Waals surface area (Å²) in [6.45, 7) is 5.00. The second-order valence-corrected chi connectivity index (χ2v) is 6.13. The first-order valence-electron chi connectivity index (χ1n) is 7.45. The number of pyridine rings is 1. The fraction of sp³-hybridized carbons (Fsp3) is 0.278. The van der Waals surface area contributed by atoms with Gasteiger partial charge in [0.1, 0.15) is 11.4 Å². The lowest BCUT2D eigenvalue weighted by Crippen LogP contribution is -2.26. The number of carbonyl (C=O) groups is 1. The van der Waals surface area contributed by atoms with Crippen LogP contribution in [0.15, 0.2) is 41.3 Å². The standard InChI is InChI=1S/C18H18FNO5/c1-18(2,3)25-17(22)24-15-8-11(6-5-7-14(15)21)12-9-16(23-4)20-10-13(12)19/h5-10H,1-4H3. The molecule has 1 aromatic carbocycles. The molecule has 0 saturated carbocycles. The zero-order chi connectivity index (χ0) is 18.6. The molecule has 0 bridgehead atoms. The van der Waals surface area contributed by atoms with Crippen LogP contribution in [-0.2, 0) is 4.74 Å². The van der Waals surface area contributed by atoms with Crippen molar-refractivity contribution in [1.82, 2.24) is 4.98 Å². The zero-order valence-corrected chi connectivity index (χ0v) is 14.3. The van der Waals surface area contributed by atoms with E-state index in [9.17, 15) is 14.0 Å². The van der Waals surface area contributed by atoms with Gasteiger partial charge in [-0.1, -0.05) is 12.1 Å². The second kappa shape index (κ2) is 7.29. The fourth-order valence-electron chi connectivity index (χ4n) is 1.94. The summed E-state index contributed by atoms with van der Waals surface area (Å²) in [7, 11) is 1.40. The van der Waals surface area contributed by atoms with Crippen molar-refractivity contribution in [3.63, 3.8) is 0 Å². The summed E-state index contributed by atoms with van der Waals surface area (Å²) in [5.41, 5.74) is -0.848. The Balaban J connectivity index is 2.45. The molecule has 0 spiro atoms. The van der Waals surface area contributed by atoms with Crippen molar-refractivity contribution in [3.05, 3.63) is 52.6 Å². The van der Waals surface area contributed by atoms with E-state index in [0.717, 1.165) is 6.20 Å². The quantitative estimate of drug-likeness (QED) is 0.790. The maximum Gasteiger partial charge on any atom is 0.514 e. The Kier molecular flexibility index (Phi) is 5.36. The first kappa shape index (κ1) is 18.4. The molecule has 0 atom stereocenters. The molecule has 1 heterocycles. The summed E-state index contributed by atoms with van der Waals surface area (Å²) in [5, 5.41) is 0. The van der Waals surface area contributed by atoms with Gasteiger partial charge in [-0.3, -0.25) is 4.79 Å². The van der Waals surface area contributed by atoms with E-state index in [-0.39, 0.29) is 17.2 Å². The highest BCUT2D eigenvalue weighted by Crippen LogP contribution is 2.26. The highest BCUT2D eigenvalue weighted by Gasteiger charge is 2.19. The average molecular weight is 347 g/mol. The van der Waals surface area contributed by atoms with Gasteiger partial charge in [-0.05, 0) is 38.5 Å². The van der Waals surface area contributed by atoms with Crippen LogP contribution < -0.4 is 14.9 Å². The van der Waals surface area contributed by atoms with Crippen LogP contribution in [0.4, 0.5) is 9.18 Å². The highest BCUT2D eigenvalue weighted by atomic mass is 19.1. The van der Waals surface area contributed by atoms with E-state index in [1.807, 2.05) is 0 Å². The SMILES string of the molecule is COc1cc(-c2cccc(=O)c(OC(=O)OC(C)(C)C)c2)c(F)cn1. The Labute approximate surface area is 144 Å². The van der Waals surface area contributed by atoms with E-state index in [1.165, 1.54) is 37.4 Å². The van der Waals surface area contributed by atoms with Crippen molar-refractivity contribution in [2.24, 2.45) is 0 Å². The molecule has 0 N–H and O–H groups in total. The molecule has 1 aromatic heterocycles. The number of halogens is 1. The molecule has 0 aliphatic rings. The van der Waals surface area contributed by atoms with Gasteiger partial charge in [0.2, 0.25) is 11.3 Å². The van der Waals surface area contributed by atoms with Crippen LogP contribution in [0.25, 0.3) is 11.1 Å². The van der Waals surface area contributed by atoms with Crippen molar-refractivity contribution in [2.45, 2.75) is 26.4 Å². The molecule has 2 rings (SSSR count). The Hall–Kier alpha value is -2.96. The molecule has 0 fully saturated rings. The van der Waals surface area contributed by atoms with Gasteiger partial charge in [0, 0.05) is 11.6 Å². The largest absolute Gasteiger partial charge is 0.514 e. The molecule has 0 aliphatic carbocycles. The first-order chi connectivity index (χ1) is 11.7. The summed E-state index contributed by atoms with van der Waals surface area (Å²) in [6, 6.07) is 6.81. The molecule has 0 aliphatic heterocycles. The molecule has 0 radical (unpaired) electrons. The van der Waals surface area contributed by atoms with Crippen LogP contribution in [0.5, 0.6) is 11.6 Å². The van der Waals surface area contributed by atoms with Gasteiger partial charge >= 0.3 is 6.16 Å². The van der Waals surface area contributed by atoms with Gasteiger partial charge in [0.25, 0.3) is 0 Å². The van der Waals surface area contributed by atoms with Gasteiger partial charge in [0.05, 0.1) is 13.3 Å². The van der Waals surface area contributed by atoms with Crippen molar-refractivity contribution in [1.29, 1.82) is 0 Å². The molecular weight excluding hydrogens is 329 g/mol. The number of hydrogen-bond acceptors (Lipinski definition) is 6. The van der Waals surface area contributed by atoms with Gasteiger partial charge in [-0.25, -0.2) is 14.2 Å². The highest BCUT2D eigenvalue weighted by molar-refractivity contribution is 5.68. The molecule has 132 valence electrons. The third kappa shape index (κ3) is 5.00. The van der Waals surface area contributed by atoms with E-state index in [1.54, 1.807) is 20.8 Å². The maximum absolute atomic E-state index is 14.1. The third-order valence-corrected chi connectivity index (χ3v) is 2.99. The number of aromatic nitrogens is 1. The molecule has 0 saturated heterocycles. The van der Waals surface area contributed by atoms with Crippen LogP contribution in [-0.4, -0.2) is 23.9 Å². The second-order valence-electron chi connectivity index (χ2n) is 6.13. The van der Waals surface area contributed by atoms with E-state index in [0.29, 0.717) is 5.56 Å². The number of ether oxygens (including phenoxy) is 3. The lowest BCUT2D eigenvalue weighted by Gasteiger charge is -2.18. The third-order valence-electron chi connectivity index (χ3n) is 2.99. The van der Waals surface area contributed by atoms with Crippen LogP contribution in [0, 0.1) is 5.82 Å². The number of nitrogens with zero attached hydrogens (tertiary/aromatic N) is 1. The number of rotatable bonds is 3.